The SMILES string of the molecule is CC(CCCN)Oc1ccc2cccnc2c1. The number of ether oxygens (including phenoxy) is 1. The van der Waals surface area contributed by atoms with E-state index in [1.165, 1.54) is 0 Å². The average molecular weight is 230 g/mol. The number of hydrogen-bond donors (Lipinski definition) is 1. The Labute approximate surface area is 102 Å². The lowest BCUT2D eigenvalue weighted by Gasteiger charge is -2.14. The van der Waals surface area contributed by atoms with Gasteiger partial charge in [0.25, 0.3) is 0 Å². The molecule has 2 aromatic rings. The molecule has 90 valence electrons. The minimum absolute atomic E-state index is 0.194. The molecule has 0 aliphatic heterocycles. The van der Waals surface area contributed by atoms with Crippen molar-refractivity contribution in [1.29, 1.82) is 0 Å². The Hall–Kier alpha value is -1.61. The molecule has 1 atom stereocenters. The number of rotatable bonds is 5. The first-order chi connectivity index (χ1) is 8.29. The van der Waals surface area contributed by atoms with Crippen LogP contribution in [0.2, 0.25) is 0 Å². The second kappa shape index (κ2) is 5.64. The molecule has 0 saturated heterocycles. The van der Waals surface area contributed by atoms with Crippen LogP contribution in [0.1, 0.15) is 19.8 Å². The standard InChI is InChI=1S/C14H18N2O/c1-11(4-2-8-15)17-13-7-6-12-5-3-9-16-14(12)10-13/h3,5-7,9-11H,2,4,8,15H2,1H3. The third-order valence-electron chi connectivity index (χ3n) is 2.73. The van der Waals surface area contributed by atoms with E-state index < -0.39 is 0 Å². The number of aromatic nitrogens is 1. The minimum atomic E-state index is 0.194. The molecule has 0 amide bonds. The Kier molecular flexibility index (Phi) is 3.94. The van der Waals surface area contributed by atoms with Gasteiger partial charge in [0.1, 0.15) is 5.75 Å². The largest absolute Gasteiger partial charge is 0.491 e. The molecule has 17 heavy (non-hydrogen) atoms. The molecule has 0 bridgehead atoms. The molecule has 0 aliphatic rings. The lowest BCUT2D eigenvalue weighted by molar-refractivity contribution is 0.209. The summed E-state index contributed by atoms with van der Waals surface area (Å²) < 4.78 is 5.83. The molecule has 0 fully saturated rings. The topological polar surface area (TPSA) is 48.1 Å². The summed E-state index contributed by atoms with van der Waals surface area (Å²) in [5.41, 5.74) is 6.45. The van der Waals surface area contributed by atoms with Gasteiger partial charge in [0, 0.05) is 17.6 Å². The lowest BCUT2D eigenvalue weighted by Crippen LogP contribution is -2.13. The maximum Gasteiger partial charge on any atom is 0.121 e. The van der Waals surface area contributed by atoms with Gasteiger partial charge >= 0.3 is 0 Å². The molecule has 0 spiro atoms. The van der Waals surface area contributed by atoms with Gasteiger partial charge in [0.15, 0.2) is 0 Å². The molecule has 1 unspecified atom stereocenters. The van der Waals surface area contributed by atoms with Crippen LogP contribution in [-0.2, 0) is 0 Å². The Balaban J connectivity index is 2.08. The fraction of sp³-hybridized carbons (Fsp3) is 0.357. The number of hydrogen-bond acceptors (Lipinski definition) is 3. The Morgan fingerprint density at radius 2 is 2.24 bits per heavy atom. The van der Waals surface area contributed by atoms with E-state index in [1.54, 1.807) is 6.20 Å². The summed E-state index contributed by atoms with van der Waals surface area (Å²) in [5.74, 6) is 0.876. The van der Waals surface area contributed by atoms with Crippen molar-refractivity contribution in [2.75, 3.05) is 6.54 Å². The van der Waals surface area contributed by atoms with E-state index in [0.717, 1.165) is 29.5 Å². The Morgan fingerprint density at radius 3 is 3.06 bits per heavy atom. The zero-order valence-corrected chi connectivity index (χ0v) is 10.1. The summed E-state index contributed by atoms with van der Waals surface area (Å²) in [6, 6.07) is 9.99. The van der Waals surface area contributed by atoms with Crippen molar-refractivity contribution in [3.8, 4) is 5.75 Å². The molecular weight excluding hydrogens is 212 g/mol. The molecule has 3 nitrogen and oxygen atoms in total. The zero-order chi connectivity index (χ0) is 12.1. The van der Waals surface area contributed by atoms with Crippen LogP contribution in [0.15, 0.2) is 36.5 Å². The summed E-state index contributed by atoms with van der Waals surface area (Å²) in [4.78, 5) is 4.31. The number of pyridine rings is 1. The van der Waals surface area contributed by atoms with Gasteiger partial charge in [-0.05, 0) is 44.5 Å². The predicted octanol–water partition coefficient (Wildman–Crippen LogP) is 2.74. The normalized spacial score (nSPS) is 12.6. The summed E-state index contributed by atoms with van der Waals surface area (Å²) in [6.07, 6.45) is 3.97. The molecule has 0 saturated carbocycles. The molecule has 2 N–H and O–H groups in total. The fourth-order valence-corrected chi connectivity index (χ4v) is 1.82. The van der Waals surface area contributed by atoms with Gasteiger partial charge in [0.2, 0.25) is 0 Å². The van der Waals surface area contributed by atoms with E-state index in [2.05, 4.69) is 11.9 Å². The molecule has 0 aliphatic carbocycles. The summed E-state index contributed by atoms with van der Waals surface area (Å²) in [5, 5.41) is 1.13. The number of benzene rings is 1. The second-order valence-electron chi connectivity index (χ2n) is 4.22. The Morgan fingerprint density at radius 1 is 1.35 bits per heavy atom. The maximum atomic E-state index is 5.83. The van der Waals surface area contributed by atoms with Gasteiger partial charge in [0.05, 0.1) is 11.6 Å². The molecule has 0 radical (unpaired) electrons. The van der Waals surface area contributed by atoms with E-state index in [1.807, 2.05) is 30.3 Å². The van der Waals surface area contributed by atoms with Crippen LogP contribution >= 0.6 is 0 Å². The molecular formula is C14H18N2O. The van der Waals surface area contributed by atoms with Crippen molar-refractivity contribution in [2.24, 2.45) is 5.73 Å². The van der Waals surface area contributed by atoms with Crippen LogP contribution in [-0.4, -0.2) is 17.6 Å². The average Bonchev–Trinajstić information content (AvgIpc) is 2.36. The van der Waals surface area contributed by atoms with Crippen LogP contribution in [0.4, 0.5) is 0 Å². The van der Waals surface area contributed by atoms with Crippen molar-refractivity contribution >= 4 is 10.9 Å². The molecule has 1 heterocycles. The third-order valence-corrected chi connectivity index (χ3v) is 2.73. The van der Waals surface area contributed by atoms with Gasteiger partial charge in [-0.3, -0.25) is 4.98 Å². The van der Waals surface area contributed by atoms with Crippen molar-refractivity contribution < 1.29 is 4.74 Å². The molecule has 1 aromatic heterocycles. The van der Waals surface area contributed by atoms with Crippen LogP contribution in [0.25, 0.3) is 10.9 Å². The third kappa shape index (κ3) is 3.17. The van der Waals surface area contributed by atoms with E-state index >= 15 is 0 Å². The first-order valence-electron chi connectivity index (χ1n) is 6.01. The van der Waals surface area contributed by atoms with Gasteiger partial charge < -0.3 is 10.5 Å². The smallest absolute Gasteiger partial charge is 0.121 e. The Bertz CT molecular complexity index is 484. The molecule has 3 heteroatoms. The number of fused-ring (bicyclic) bond motifs is 1. The number of nitrogens with zero attached hydrogens (tertiary/aromatic N) is 1. The van der Waals surface area contributed by atoms with Crippen molar-refractivity contribution in [3.05, 3.63) is 36.5 Å². The quantitative estimate of drug-likeness (QED) is 0.859. The highest BCUT2D eigenvalue weighted by Crippen LogP contribution is 2.20. The summed E-state index contributed by atoms with van der Waals surface area (Å²) >= 11 is 0. The van der Waals surface area contributed by atoms with Crippen molar-refractivity contribution in [2.45, 2.75) is 25.9 Å². The van der Waals surface area contributed by atoms with Crippen LogP contribution < -0.4 is 10.5 Å². The monoisotopic (exact) mass is 230 g/mol. The summed E-state index contributed by atoms with van der Waals surface area (Å²) in [6.45, 7) is 2.78. The highest BCUT2D eigenvalue weighted by atomic mass is 16.5. The summed E-state index contributed by atoms with van der Waals surface area (Å²) in [7, 11) is 0. The van der Waals surface area contributed by atoms with E-state index in [0.29, 0.717) is 6.54 Å². The fourth-order valence-electron chi connectivity index (χ4n) is 1.82. The minimum Gasteiger partial charge on any atom is -0.491 e. The zero-order valence-electron chi connectivity index (χ0n) is 10.1. The van der Waals surface area contributed by atoms with Crippen LogP contribution in [0.3, 0.4) is 0 Å². The molecule has 2 rings (SSSR count). The van der Waals surface area contributed by atoms with Gasteiger partial charge in [-0.15, -0.1) is 0 Å². The van der Waals surface area contributed by atoms with E-state index in [9.17, 15) is 0 Å². The van der Waals surface area contributed by atoms with Crippen LogP contribution in [0.5, 0.6) is 5.75 Å². The van der Waals surface area contributed by atoms with E-state index in [-0.39, 0.29) is 6.10 Å². The van der Waals surface area contributed by atoms with E-state index in [4.69, 9.17) is 10.5 Å². The predicted molar refractivity (Wildman–Crippen MR) is 70.1 cm³/mol. The van der Waals surface area contributed by atoms with Crippen molar-refractivity contribution in [3.63, 3.8) is 0 Å². The first-order valence-corrected chi connectivity index (χ1v) is 6.01. The molecule has 1 aromatic carbocycles. The maximum absolute atomic E-state index is 5.83. The highest BCUT2D eigenvalue weighted by Gasteiger charge is 2.04. The van der Waals surface area contributed by atoms with Gasteiger partial charge in [-0.25, -0.2) is 0 Å². The number of nitrogens with two attached hydrogens (primary N) is 1. The highest BCUT2D eigenvalue weighted by molar-refractivity contribution is 5.79. The van der Waals surface area contributed by atoms with Gasteiger partial charge in [-0.1, -0.05) is 6.07 Å². The first kappa shape index (κ1) is 11.9. The van der Waals surface area contributed by atoms with Crippen LogP contribution in [0, 0.1) is 0 Å². The van der Waals surface area contributed by atoms with Gasteiger partial charge in [-0.2, -0.15) is 0 Å². The van der Waals surface area contributed by atoms with Crippen molar-refractivity contribution in [1.82, 2.24) is 4.98 Å². The lowest BCUT2D eigenvalue weighted by atomic mass is 10.2. The second-order valence-corrected chi connectivity index (χ2v) is 4.22.